The van der Waals surface area contributed by atoms with Crippen molar-refractivity contribution in [2.75, 3.05) is 11.1 Å². The number of amides is 1. The molecule has 0 saturated carbocycles. The van der Waals surface area contributed by atoms with Crippen molar-refractivity contribution in [3.8, 4) is 5.75 Å². The fourth-order valence-electron chi connectivity index (χ4n) is 2.75. The molecule has 0 radical (unpaired) electrons. The summed E-state index contributed by atoms with van der Waals surface area (Å²) in [5.74, 6) is 1.36. The Kier molecular flexibility index (Phi) is 6.68. The van der Waals surface area contributed by atoms with E-state index in [1.165, 1.54) is 36.0 Å². The molecule has 3 aromatic rings. The lowest BCUT2D eigenvalue weighted by Gasteiger charge is -2.11. The van der Waals surface area contributed by atoms with Gasteiger partial charge in [0.25, 0.3) is 5.69 Å². The Morgan fingerprint density at radius 3 is 2.47 bits per heavy atom. The summed E-state index contributed by atoms with van der Waals surface area (Å²) in [7, 11) is 1.82. The Bertz CT molecular complexity index is 1050. The van der Waals surface area contributed by atoms with Crippen LogP contribution in [0.3, 0.4) is 0 Å². The number of carbonyl (C=O) groups is 1. The van der Waals surface area contributed by atoms with Gasteiger partial charge >= 0.3 is 0 Å². The van der Waals surface area contributed by atoms with Gasteiger partial charge in [-0.3, -0.25) is 14.9 Å². The van der Waals surface area contributed by atoms with Gasteiger partial charge in [-0.05, 0) is 37.1 Å². The van der Waals surface area contributed by atoms with Crippen LogP contribution in [-0.4, -0.2) is 31.3 Å². The van der Waals surface area contributed by atoms with Gasteiger partial charge in [-0.25, -0.2) is 0 Å². The Balaban J connectivity index is 1.54. The lowest BCUT2D eigenvalue weighted by molar-refractivity contribution is -0.384. The SMILES string of the molecule is Cc1cccc(C)c1OCc1nnc(SCC(=O)Nc2ccc([N+](=O)[O-])cc2)n1C. The van der Waals surface area contributed by atoms with Crippen molar-refractivity contribution >= 4 is 29.0 Å². The summed E-state index contributed by atoms with van der Waals surface area (Å²) in [6.07, 6.45) is 0. The van der Waals surface area contributed by atoms with Crippen molar-refractivity contribution < 1.29 is 14.5 Å². The molecule has 3 rings (SSSR count). The van der Waals surface area contributed by atoms with Gasteiger partial charge in [0.1, 0.15) is 12.4 Å². The predicted molar refractivity (Wildman–Crippen MR) is 114 cm³/mol. The van der Waals surface area contributed by atoms with Crippen LogP contribution in [0.25, 0.3) is 0 Å². The standard InChI is InChI=1S/C20H21N5O4S/c1-13-5-4-6-14(2)19(13)29-11-17-22-23-20(24(17)3)30-12-18(26)21-15-7-9-16(10-8-15)25(27)28/h4-10H,11-12H2,1-3H3,(H,21,26). The number of thioether (sulfide) groups is 1. The zero-order chi connectivity index (χ0) is 21.7. The molecule has 0 aliphatic heterocycles. The molecule has 0 aliphatic rings. The molecule has 1 aromatic heterocycles. The normalized spacial score (nSPS) is 10.6. The van der Waals surface area contributed by atoms with Crippen LogP contribution < -0.4 is 10.1 Å². The van der Waals surface area contributed by atoms with Crippen LogP contribution in [-0.2, 0) is 18.4 Å². The molecule has 10 heteroatoms. The lowest BCUT2D eigenvalue weighted by Crippen LogP contribution is -2.14. The van der Waals surface area contributed by atoms with E-state index in [-0.39, 0.29) is 24.0 Å². The smallest absolute Gasteiger partial charge is 0.269 e. The Morgan fingerprint density at radius 1 is 1.17 bits per heavy atom. The fourth-order valence-corrected chi connectivity index (χ4v) is 3.48. The number of anilines is 1. The van der Waals surface area contributed by atoms with Crippen LogP contribution in [0.1, 0.15) is 17.0 Å². The van der Waals surface area contributed by atoms with Crippen molar-refractivity contribution in [3.05, 3.63) is 69.5 Å². The summed E-state index contributed by atoms with van der Waals surface area (Å²) in [6, 6.07) is 11.6. The fraction of sp³-hybridized carbons (Fsp3) is 0.250. The third-order valence-corrected chi connectivity index (χ3v) is 5.39. The molecule has 0 atom stereocenters. The van der Waals surface area contributed by atoms with Crippen LogP contribution >= 0.6 is 11.8 Å². The summed E-state index contributed by atoms with van der Waals surface area (Å²) in [6.45, 7) is 4.25. The highest BCUT2D eigenvalue weighted by Gasteiger charge is 2.13. The third kappa shape index (κ3) is 5.15. The molecule has 0 bridgehead atoms. The van der Waals surface area contributed by atoms with Crippen LogP contribution in [0.5, 0.6) is 5.75 Å². The third-order valence-electron chi connectivity index (χ3n) is 4.37. The molecular formula is C20H21N5O4S. The zero-order valence-electron chi connectivity index (χ0n) is 16.8. The molecule has 2 aromatic carbocycles. The van der Waals surface area contributed by atoms with Crippen molar-refractivity contribution in [3.63, 3.8) is 0 Å². The van der Waals surface area contributed by atoms with Crippen LogP contribution in [0, 0.1) is 24.0 Å². The zero-order valence-corrected chi connectivity index (χ0v) is 17.6. The van der Waals surface area contributed by atoms with Crippen LogP contribution in [0.4, 0.5) is 11.4 Å². The molecule has 0 unspecified atom stereocenters. The number of non-ortho nitro benzene ring substituents is 1. The Hall–Kier alpha value is -3.40. The molecule has 1 heterocycles. The number of aromatic nitrogens is 3. The molecule has 0 aliphatic carbocycles. The van der Waals surface area contributed by atoms with E-state index in [0.29, 0.717) is 16.7 Å². The highest BCUT2D eigenvalue weighted by atomic mass is 32.2. The summed E-state index contributed by atoms with van der Waals surface area (Å²) in [4.78, 5) is 22.4. The number of nitro groups is 1. The first-order valence-corrected chi connectivity index (χ1v) is 10.1. The minimum absolute atomic E-state index is 0.0305. The number of nitrogens with zero attached hydrogens (tertiary/aromatic N) is 4. The number of rotatable bonds is 8. The first-order valence-electron chi connectivity index (χ1n) is 9.09. The number of hydrogen-bond donors (Lipinski definition) is 1. The maximum Gasteiger partial charge on any atom is 0.269 e. The Morgan fingerprint density at radius 2 is 1.83 bits per heavy atom. The minimum Gasteiger partial charge on any atom is -0.485 e. The van der Waals surface area contributed by atoms with E-state index in [1.54, 1.807) is 4.57 Å². The van der Waals surface area contributed by atoms with E-state index in [1.807, 2.05) is 39.1 Å². The molecule has 0 spiro atoms. The highest BCUT2D eigenvalue weighted by Crippen LogP contribution is 2.24. The first-order chi connectivity index (χ1) is 14.3. The number of nitro benzene ring substituents is 1. The second kappa shape index (κ2) is 9.40. The van der Waals surface area contributed by atoms with Gasteiger partial charge in [0, 0.05) is 24.9 Å². The van der Waals surface area contributed by atoms with Gasteiger partial charge in [0.15, 0.2) is 11.0 Å². The number of hydrogen-bond acceptors (Lipinski definition) is 7. The van der Waals surface area contributed by atoms with Crippen molar-refractivity contribution in [2.45, 2.75) is 25.6 Å². The van der Waals surface area contributed by atoms with Crippen molar-refractivity contribution in [1.82, 2.24) is 14.8 Å². The number of aryl methyl sites for hydroxylation is 2. The van der Waals surface area contributed by atoms with Crippen LogP contribution in [0.2, 0.25) is 0 Å². The molecule has 1 amide bonds. The van der Waals surface area contributed by atoms with Gasteiger partial charge < -0.3 is 14.6 Å². The average Bonchev–Trinajstić information content (AvgIpc) is 3.06. The van der Waals surface area contributed by atoms with Gasteiger partial charge in [-0.1, -0.05) is 30.0 Å². The van der Waals surface area contributed by atoms with Gasteiger partial charge in [0.05, 0.1) is 10.7 Å². The van der Waals surface area contributed by atoms with Crippen molar-refractivity contribution in [2.24, 2.45) is 7.05 Å². The van der Waals surface area contributed by atoms with Crippen molar-refractivity contribution in [1.29, 1.82) is 0 Å². The summed E-state index contributed by atoms with van der Waals surface area (Å²) in [5, 5.41) is 22.2. The van der Waals surface area contributed by atoms with E-state index < -0.39 is 4.92 Å². The quantitative estimate of drug-likeness (QED) is 0.332. The lowest BCUT2D eigenvalue weighted by atomic mass is 10.1. The summed E-state index contributed by atoms with van der Waals surface area (Å²) < 4.78 is 7.71. The molecule has 9 nitrogen and oxygen atoms in total. The molecule has 156 valence electrons. The number of para-hydroxylation sites is 1. The maximum absolute atomic E-state index is 12.2. The highest BCUT2D eigenvalue weighted by molar-refractivity contribution is 7.99. The monoisotopic (exact) mass is 427 g/mol. The van der Waals surface area contributed by atoms with E-state index in [0.717, 1.165) is 16.9 Å². The van der Waals surface area contributed by atoms with E-state index in [9.17, 15) is 14.9 Å². The topological polar surface area (TPSA) is 112 Å². The van der Waals surface area contributed by atoms with Gasteiger partial charge in [-0.15, -0.1) is 10.2 Å². The predicted octanol–water partition coefficient (Wildman–Crippen LogP) is 3.65. The second-order valence-electron chi connectivity index (χ2n) is 6.61. The molecule has 0 fully saturated rings. The molecule has 30 heavy (non-hydrogen) atoms. The average molecular weight is 427 g/mol. The molecular weight excluding hydrogens is 406 g/mol. The van der Waals surface area contributed by atoms with Crippen LogP contribution in [0.15, 0.2) is 47.6 Å². The second-order valence-corrected chi connectivity index (χ2v) is 7.55. The first kappa shape index (κ1) is 21.3. The number of nitrogens with one attached hydrogen (secondary N) is 1. The number of carbonyl (C=O) groups excluding carboxylic acids is 1. The maximum atomic E-state index is 12.2. The minimum atomic E-state index is -0.489. The van der Waals surface area contributed by atoms with E-state index in [2.05, 4.69) is 15.5 Å². The Labute approximate surface area is 177 Å². The number of ether oxygens (including phenoxy) is 1. The largest absolute Gasteiger partial charge is 0.485 e. The van der Waals surface area contributed by atoms with Gasteiger partial charge in [-0.2, -0.15) is 0 Å². The van der Waals surface area contributed by atoms with E-state index in [4.69, 9.17) is 4.74 Å². The molecule has 1 N–H and O–H groups in total. The molecule has 0 saturated heterocycles. The van der Waals surface area contributed by atoms with E-state index >= 15 is 0 Å². The van der Waals surface area contributed by atoms with Gasteiger partial charge in [0.2, 0.25) is 5.91 Å². The summed E-state index contributed by atoms with van der Waals surface area (Å²) in [5.41, 5.74) is 2.56. The number of benzene rings is 2. The summed E-state index contributed by atoms with van der Waals surface area (Å²) >= 11 is 1.24.